The molecule has 2 atom stereocenters. The fraction of sp³-hybridized carbons (Fsp3) is 0.353. The predicted molar refractivity (Wildman–Crippen MR) is 292 cm³/mol. The minimum atomic E-state index is -0.721. The average molecular weight is 949 g/mol. The molecule has 0 heterocycles. The van der Waals surface area contributed by atoms with Crippen LogP contribution in [-0.2, 0) is 40.8 Å². The van der Waals surface area contributed by atoms with E-state index >= 15 is 0 Å². The van der Waals surface area contributed by atoms with Gasteiger partial charge in [-0.15, -0.1) is 0 Å². The van der Waals surface area contributed by atoms with Gasteiger partial charge in [0.2, 0.25) is 0 Å². The van der Waals surface area contributed by atoms with Gasteiger partial charge in [0.15, 0.2) is 0 Å². The zero-order valence-electron chi connectivity index (χ0n) is 43.4. The molecule has 0 fully saturated rings. The molecule has 4 heteroatoms. The van der Waals surface area contributed by atoms with Crippen molar-refractivity contribution in [2.75, 3.05) is 28.4 Å². The van der Waals surface area contributed by atoms with Crippen molar-refractivity contribution in [1.29, 1.82) is 0 Å². The Hall–Kier alpha value is -6.24. The number of ether oxygens (including phenoxy) is 4. The van der Waals surface area contributed by atoms with Crippen LogP contribution in [0.3, 0.4) is 0 Å². The number of hydrogen-bond donors (Lipinski definition) is 0. The van der Waals surface area contributed by atoms with E-state index in [1.165, 1.54) is 33.4 Å². The Bertz CT molecular complexity index is 3120. The molecule has 23 aliphatic rings. The third-order valence-electron chi connectivity index (χ3n) is 18.1. The second-order valence-electron chi connectivity index (χ2n) is 22.2. The third kappa shape index (κ3) is 7.95. The van der Waals surface area contributed by atoms with Gasteiger partial charge in [0.1, 0.15) is 22.4 Å². The topological polar surface area (TPSA) is 36.9 Å². The monoisotopic (exact) mass is 949 g/mol. The number of allylic oxidation sites excluding steroid dienone is 11. The molecule has 0 aromatic heterocycles. The van der Waals surface area contributed by atoms with Crippen LogP contribution in [0.25, 0.3) is 11.1 Å². The maximum Gasteiger partial charge on any atom is 0.133 e. The van der Waals surface area contributed by atoms with Crippen molar-refractivity contribution in [3.05, 3.63) is 250 Å². The minimum absolute atomic E-state index is 0.149. The van der Waals surface area contributed by atoms with Gasteiger partial charge in [0.05, 0.1) is 0 Å². The lowest BCUT2D eigenvalue weighted by molar-refractivity contribution is 0.00543. The van der Waals surface area contributed by atoms with Crippen LogP contribution >= 0.6 is 0 Å². The van der Waals surface area contributed by atoms with Crippen LogP contribution in [-0.4, -0.2) is 45.2 Å². The van der Waals surface area contributed by atoms with Crippen molar-refractivity contribution in [2.24, 2.45) is 17.3 Å². The molecule has 0 amide bonds. The first-order chi connectivity index (χ1) is 34.7. The molecule has 0 spiro atoms. The minimum Gasteiger partial charge on any atom is -0.369 e. The summed E-state index contributed by atoms with van der Waals surface area (Å²) in [6, 6.07) is 27.0. The smallest absolute Gasteiger partial charge is 0.133 e. The highest BCUT2D eigenvalue weighted by Crippen LogP contribution is 2.48. The van der Waals surface area contributed by atoms with Crippen molar-refractivity contribution < 1.29 is 18.9 Å². The Morgan fingerprint density at radius 1 is 0.347 bits per heavy atom. The Morgan fingerprint density at radius 3 is 1.08 bits per heavy atom. The largest absolute Gasteiger partial charge is 0.369 e. The van der Waals surface area contributed by atoms with Crippen LogP contribution in [0.2, 0.25) is 0 Å². The van der Waals surface area contributed by atoms with Gasteiger partial charge in [0.25, 0.3) is 0 Å². The van der Waals surface area contributed by atoms with E-state index in [1.54, 1.807) is 14.2 Å². The fourth-order valence-electron chi connectivity index (χ4n) is 12.5. The maximum absolute atomic E-state index is 6.40. The summed E-state index contributed by atoms with van der Waals surface area (Å²) in [7, 11) is 7.22. The maximum atomic E-state index is 6.40. The molecule has 0 aliphatic heterocycles. The molecular formula is C68H68O4. The summed E-state index contributed by atoms with van der Waals surface area (Å²) in [5.41, 5.74) is 22.6. The van der Waals surface area contributed by atoms with Crippen molar-refractivity contribution in [2.45, 2.75) is 105 Å². The summed E-state index contributed by atoms with van der Waals surface area (Å²) >= 11 is 0. The molecule has 0 saturated carbocycles. The molecule has 23 aliphatic carbocycles. The molecule has 26 rings (SSSR count). The van der Waals surface area contributed by atoms with E-state index in [1.807, 2.05) is 14.2 Å². The molecule has 3 aromatic carbocycles. The number of benzene rings is 3. The van der Waals surface area contributed by atoms with Gasteiger partial charge in [-0.2, -0.15) is 0 Å². The first-order valence-electron chi connectivity index (χ1n) is 26.0. The van der Waals surface area contributed by atoms with Crippen molar-refractivity contribution in [3.8, 4) is 0 Å². The summed E-state index contributed by atoms with van der Waals surface area (Å²) in [6.45, 7) is 9.17. The van der Waals surface area contributed by atoms with Crippen LogP contribution in [0, 0.1) is 17.3 Å². The highest BCUT2D eigenvalue weighted by molar-refractivity contribution is 5.68. The predicted octanol–water partition coefficient (Wildman–Crippen LogP) is 14.7. The van der Waals surface area contributed by atoms with Gasteiger partial charge < -0.3 is 18.9 Å². The van der Waals surface area contributed by atoms with Crippen molar-refractivity contribution in [3.63, 3.8) is 0 Å². The van der Waals surface area contributed by atoms with Gasteiger partial charge in [0, 0.05) is 78.7 Å². The molecule has 0 N–H and O–H groups in total. The molecular weight excluding hydrogens is 881 g/mol. The Balaban J connectivity index is 0.938. The molecule has 3 aromatic rings. The molecule has 4 nitrogen and oxygen atoms in total. The van der Waals surface area contributed by atoms with Crippen LogP contribution in [0.1, 0.15) is 99.6 Å². The lowest BCUT2D eigenvalue weighted by Crippen LogP contribution is -2.44. The lowest BCUT2D eigenvalue weighted by Gasteiger charge is -2.44. The van der Waals surface area contributed by atoms with Crippen LogP contribution < -0.4 is 0 Å². The zero-order chi connectivity index (χ0) is 50.0. The normalized spacial score (nSPS) is 36.6. The summed E-state index contributed by atoms with van der Waals surface area (Å²) in [6.07, 6.45) is 46.6. The average Bonchev–Trinajstić information content (AvgIpc) is 3.45. The van der Waals surface area contributed by atoms with E-state index < -0.39 is 22.4 Å². The Labute approximate surface area is 428 Å². The second kappa shape index (κ2) is 17.8. The van der Waals surface area contributed by atoms with Crippen LogP contribution in [0.5, 0.6) is 0 Å². The van der Waals surface area contributed by atoms with Crippen molar-refractivity contribution in [1.82, 2.24) is 0 Å². The quantitative estimate of drug-likeness (QED) is 0.193. The zero-order valence-corrected chi connectivity index (χ0v) is 43.4. The van der Waals surface area contributed by atoms with E-state index in [2.05, 4.69) is 233 Å². The van der Waals surface area contributed by atoms with E-state index in [0.717, 1.165) is 60.8 Å². The highest BCUT2D eigenvalue weighted by atomic mass is 16.5. The Morgan fingerprint density at radius 2 is 0.694 bits per heavy atom. The second-order valence-corrected chi connectivity index (χ2v) is 22.2. The number of hydrogen-bond acceptors (Lipinski definition) is 4. The van der Waals surface area contributed by atoms with E-state index in [4.69, 9.17) is 18.9 Å². The van der Waals surface area contributed by atoms with Gasteiger partial charge in [-0.25, -0.2) is 0 Å². The lowest BCUT2D eigenvalue weighted by atomic mass is 9.68. The van der Waals surface area contributed by atoms with Crippen molar-refractivity contribution >= 4 is 11.1 Å². The molecule has 0 radical (unpaired) electrons. The first-order valence-corrected chi connectivity index (χ1v) is 26.0. The van der Waals surface area contributed by atoms with Gasteiger partial charge in [-0.3, -0.25) is 0 Å². The molecule has 0 saturated heterocycles. The molecule has 20 bridgehead atoms. The third-order valence-corrected chi connectivity index (χ3v) is 18.1. The highest BCUT2D eigenvalue weighted by Gasteiger charge is 2.45. The molecule has 0 unspecified atom stereocenters. The van der Waals surface area contributed by atoms with Gasteiger partial charge >= 0.3 is 0 Å². The number of rotatable bonds is 4. The number of methoxy groups -OCH3 is 4. The van der Waals surface area contributed by atoms with Gasteiger partial charge in [-0.1, -0.05) is 169 Å². The Kier molecular flexibility index (Phi) is 11.9. The summed E-state index contributed by atoms with van der Waals surface area (Å²) < 4.78 is 25.4. The standard InChI is InChI=1S/C68H68O4/c1-61-33-35-62(2,36-34-61)55-25-27-56(28-26-55)64(4)39-41-65(69-5,42-40-64)57-21-13-51(14-22-57)52-15-23-58(24-16-52)67(71-7)45-47-68(72-8,48-46-67)60-31-29-59(30-32-60)66(70-6)43-37-63(3,38-44-66)54-19-11-50(12-20-54)49-9-17-53(61)18-10-49/h11-14,19-22,25-29,31,33-48,59-60H,9,15,17,23,30,32H2,1-8H3/t59-,60+,61?,62?,63?,64?,65?,66?,67?,68?/m0/s1. The molecule has 72 heavy (non-hydrogen) atoms. The van der Waals surface area contributed by atoms with Crippen LogP contribution in [0.15, 0.2) is 216 Å². The fourth-order valence-corrected chi connectivity index (χ4v) is 12.5. The van der Waals surface area contributed by atoms with E-state index in [0.29, 0.717) is 0 Å². The van der Waals surface area contributed by atoms with Gasteiger partial charge in [-0.05, 0) is 142 Å². The SMILES string of the molecule is COC12C=CC(OC)(C=C1)[C@@H]1C=C[C@@H](CC1)C1(OC)C=CC(C)(C=C1)c1ccc(cc1)C1=C=C=C(CC1)C1(C)C=CC(C)(C=C1)c1ccc(cc1)C1(C)C=CC(OC)(C=C1)c1ccc(cc1)C1=C=C=C2CC1. The summed E-state index contributed by atoms with van der Waals surface area (Å²) in [4.78, 5) is 0. The summed E-state index contributed by atoms with van der Waals surface area (Å²) in [5, 5.41) is 0. The summed E-state index contributed by atoms with van der Waals surface area (Å²) in [5.74, 6) is 0.331. The van der Waals surface area contributed by atoms with E-state index in [9.17, 15) is 0 Å². The molecule has 364 valence electrons. The van der Waals surface area contributed by atoms with Crippen LogP contribution in [0.4, 0.5) is 0 Å². The van der Waals surface area contributed by atoms with E-state index in [-0.39, 0.29) is 33.5 Å². The first kappa shape index (κ1) is 48.1.